The number of halogens is 1. The Morgan fingerprint density at radius 3 is 2.70 bits per heavy atom. The fourth-order valence-corrected chi connectivity index (χ4v) is 1.71. The minimum absolute atomic E-state index is 0.0888. The molecule has 1 aromatic heterocycles. The van der Waals surface area contributed by atoms with Crippen LogP contribution in [0.1, 0.15) is 44.0 Å². The Balaban J connectivity index is 2.30. The maximum Gasteiger partial charge on any atom is 0.407 e. The Morgan fingerprint density at radius 1 is 1.40 bits per heavy atom. The minimum atomic E-state index is -0.525. The number of ether oxygens (including phenoxy) is 1. The van der Waals surface area contributed by atoms with Gasteiger partial charge in [0.2, 0.25) is 0 Å². The van der Waals surface area contributed by atoms with Gasteiger partial charge >= 0.3 is 6.09 Å². The van der Waals surface area contributed by atoms with Crippen molar-refractivity contribution in [3.63, 3.8) is 0 Å². The van der Waals surface area contributed by atoms with E-state index >= 15 is 0 Å². The van der Waals surface area contributed by atoms with Gasteiger partial charge in [-0.3, -0.25) is 4.79 Å². The number of pyridine rings is 1. The fourth-order valence-electron chi connectivity index (χ4n) is 1.48. The van der Waals surface area contributed by atoms with Gasteiger partial charge in [0, 0.05) is 19.2 Å². The van der Waals surface area contributed by atoms with Crippen LogP contribution in [0, 0.1) is 0 Å². The monoisotopic (exact) mass is 298 g/mol. The van der Waals surface area contributed by atoms with E-state index in [9.17, 15) is 9.59 Å². The van der Waals surface area contributed by atoms with Crippen LogP contribution in [0.4, 0.5) is 4.79 Å². The van der Waals surface area contributed by atoms with E-state index in [0.29, 0.717) is 24.9 Å². The number of amides is 1. The zero-order valence-electron chi connectivity index (χ0n) is 11.9. The predicted octanol–water partition coefficient (Wildman–Crippen LogP) is 3.22. The molecule has 5 nitrogen and oxygen atoms in total. The van der Waals surface area contributed by atoms with E-state index in [0.717, 1.165) is 0 Å². The summed E-state index contributed by atoms with van der Waals surface area (Å²) in [4.78, 5) is 27.1. The molecule has 20 heavy (non-hydrogen) atoms. The quantitative estimate of drug-likeness (QED) is 0.515. The smallest absolute Gasteiger partial charge is 0.407 e. The maximum atomic E-state index is 11.9. The Labute approximate surface area is 123 Å². The van der Waals surface area contributed by atoms with Crippen LogP contribution in [0.3, 0.4) is 0 Å². The van der Waals surface area contributed by atoms with Gasteiger partial charge in [0.25, 0.3) is 0 Å². The van der Waals surface area contributed by atoms with Crippen molar-refractivity contribution in [2.24, 2.45) is 0 Å². The summed E-state index contributed by atoms with van der Waals surface area (Å²) in [7, 11) is 0. The topological polar surface area (TPSA) is 68.3 Å². The lowest BCUT2D eigenvalue weighted by atomic mass is 10.1. The van der Waals surface area contributed by atoms with Gasteiger partial charge in [-0.15, -0.1) is 0 Å². The summed E-state index contributed by atoms with van der Waals surface area (Å²) in [6.07, 6.45) is 1.86. The molecular formula is C14H19ClN2O3. The zero-order valence-corrected chi connectivity index (χ0v) is 12.7. The number of ketones is 1. The number of hydrogen-bond acceptors (Lipinski definition) is 4. The molecule has 0 bridgehead atoms. The molecule has 0 saturated heterocycles. The van der Waals surface area contributed by atoms with Gasteiger partial charge in [-0.05, 0) is 39.3 Å². The summed E-state index contributed by atoms with van der Waals surface area (Å²) >= 11 is 5.83. The number of carbonyl (C=O) groups excluding carboxylic acids is 2. The second-order valence-corrected chi connectivity index (χ2v) is 5.66. The number of aromatic nitrogens is 1. The van der Waals surface area contributed by atoms with Crippen molar-refractivity contribution >= 4 is 23.5 Å². The Morgan fingerprint density at radius 2 is 2.10 bits per heavy atom. The van der Waals surface area contributed by atoms with Crippen LogP contribution in [0.15, 0.2) is 18.3 Å². The first kappa shape index (κ1) is 16.4. The first-order chi connectivity index (χ1) is 9.29. The largest absolute Gasteiger partial charge is 0.444 e. The summed E-state index contributed by atoms with van der Waals surface area (Å²) in [5.41, 5.74) is -0.116. The van der Waals surface area contributed by atoms with E-state index in [2.05, 4.69) is 10.3 Å². The van der Waals surface area contributed by atoms with Crippen molar-refractivity contribution in [1.82, 2.24) is 10.3 Å². The number of Topliss-reactive ketones (excluding diaryl/α,β-unsaturated/α-hetero) is 1. The highest BCUT2D eigenvalue weighted by Gasteiger charge is 2.16. The third-order valence-electron chi connectivity index (χ3n) is 2.31. The summed E-state index contributed by atoms with van der Waals surface area (Å²) in [6, 6.07) is 3.30. The van der Waals surface area contributed by atoms with Gasteiger partial charge in [0.1, 0.15) is 10.8 Å². The average molecular weight is 299 g/mol. The molecule has 0 saturated carbocycles. The molecule has 0 aromatic carbocycles. The Kier molecular flexibility index (Phi) is 5.95. The molecule has 1 heterocycles. The fraction of sp³-hybridized carbons (Fsp3) is 0.500. The van der Waals surface area contributed by atoms with E-state index in [-0.39, 0.29) is 10.9 Å². The van der Waals surface area contributed by atoms with Crippen LogP contribution in [0.5, 0.6) is 0 Å². The standard InChI is InChI=1S/C14H19ClN2O3/c1-14(2,3)20-13(19)17-9-5-7-11(18)10-6-4-8-16-12(10)15/h4,6,8H,5,7,9H2,1-3H3,(H,17,19). The second kappa shape index (κ2) is 7.24. The highest BCUT2D eigenvalue weighted by Crippen LogP contribution is 2.14. The summed E-state index contributed by atoms with van der Waals surface area (Å²) < 4.78 is 5.08. The van der Waals surface area contributed by atoms with Gasteiger partial charge in [0.15, 0.2) is 5.78 Å². The van der Waals surface area contributed by atoms with Gasteiger partial charge < -0.3 is 10.1 Å². The van der Waals surface area contributed by atoms with Crippen molar-refractivity contribution in [2.75, 3.05) is 6.54 Å². The molecule has 1 aromatic rings. The van der Waals surface area contributed by atoms with Crippen LogP contribution in [0.25, 0.3) is 0 Å². The summed E-state index contributed by atoms with van der Waals surface area (Å²) in [5.74, 6) is -0.0888. The van der Waals surface area contributed by atoms with Crippen molar-refractivity contribution in [3.8, 4) is 0 Å². The van der Waals surface area contributed by atoms with Crippen LogP contribution in [-0.4, -0.2) is 29.0 Å². The van der Waals surface area contributed by atoms with Crippen molar-refractivity contribution in [3.05, 3.63) is 29.0 Å². The molecule has 110 valence electrons. The van der Waals surface area contributed by atoms with Gasteiger partial charge in [-0.2, -0.15) is 0 Å². The van der Waals surface area contributed by atoms with E-state index in [1.807, 2.05) is 0 Å². The molecule has 0 fully saturated rings. The number of rotatable bonds is 5. The first-order valence-electron chi connectivity index (χ1n) is 6.40. The van der Waals surface area contributed by atoms with E-state index in [4.69, 9.17) is 16.3 Å². The molecule has 0 aliphatic heterocycles. The summed E-state index contributed by atoms with van der Waals surface area (Å²) in [6.45, 7) is 5.75. The highest BCUT2D eigenvalue weighted by molar-refractivity contribution is 6.32. The van der Waals surface area contributed by atoms with Gasteiger partial charge in [-0.1, -0.05) is 11.6 Å². The van der Waals surface area contributed by atoms with Crippen LogP contribution in [-0.2, 0) is 4.74 Å². The predicted molar refractivity (Wildman–Crippen MR) is 77.0 cm³/mol. The number of nitrogens with one attached hydrogen (secondary N) is 1. The Hall–Kier alpha value is -1.62. The van der Waals surface area contributed by atoms with E-state index in [1.54, 1.807) is 32.9 Å². The zero-order chi connectivity index (χ0) is 15.2. The van der Waals surface area contributed by atoms with Gasteiger partial charge in [0.05, 0.1) is 5.56 Å². The molecule has 1 N–H and O–H groups in total. The van der Waals surface area contributed by atoms with Crippen LogP contribution in [0.2, 0.25) is 5.15 Å². The van der Waals surface area contributed by atoms with Gasteiger partial charge in [-0.25, -0.2) is 9.78 Å². The second-order valence-electron chi connectivity index (χ2n) is 5.30. The molecule has 6 heteroatoms. The molecule has 0 aliphatic rings. The first-order valence-corrected chi connectivity index (χ1v) is 6.78. The molecule has 0 aliphatic carbocycles. The molecule has 0 unspecified atom stereocenters. The Bertz CT molecular complexity index is 484. The number of carbonyl (C=O) groups is 2. The number of alkyl carbamates (subject to hydrolysis) is 1. The SMILES string of the molecule is CC(C)(C)OC(=O)NCCCC(=O)c1cccnc1Cl. The van der Waals surface area contributed by atoms with Crippen LogP contribution < -0.4 is 5.32 Å². The summed E-state index contributed by atoms with van der Waals surface area (Å²) in [5, 5.41) is 2.80. The lowest BCUT2D eigenvalue weighted by molar-refractivity contribution is 0.0525. The molecule has 1 rings (SSSR count). The van der Waals surface area contributed by atoms with Crippen molar-refractivity contribution in [1.29, 1.82) is 0 Å². The minimum Gasteiger partial charge on any atom is -0.444 e. The van der Waals surface area contributed by atoms with Crippen molar-refractivity contribution in [2.45, 2.75) is 39.2 Å². The van der Waals surface area contributed by atoms with E-state index in [1.165, 1.54) is 6.20 Å². The van der Waals surface area contributed by atoms with Crippen LogP contribution >= 0.6 is 11.6 Å². The number of nitrogens with zero attached hydrogens (tertiary/aromatic N) is 1. The molecule has 0 atom stereocenters. The average Bonchev–Trinajstić information content (AvgIpc) is 2.33. The third kappa shape index (κ3) is 6.02. The highest BCUT2D eigenvalue weighted by atomic mass is 35.5. The molecular weight excluding hydrogens is 280 g/mol. The molecule has 0 spiro atoms. The third-order valence-corrected chi connectivity index (χ3v) is 2.61. The molecule has 0 radical (unpaired) electrons. The number of hydrogen-bond donors (Lipinski definition) is 1. The lowest BCUT2D eigenvalue weighted by Crippen LogP contribution is -2.33. The maximum absolute atomic E-state index is 11.9. The molecule has 1 amide bonds. The van der Waals surface area contributed by atoms with E-state index < -0.39 is 11.7 Å². The van der Waals surface area contributed by atoms with Crippen molar-refractivity contribution < 1.29 is 14.3 Å². The normalized spacial score (nSPS) is 11.0. The lowest BCUT2D eigenvalue weighted by Gasteiger charge is -2.19.